The minimum absolute atomic E-state index is 0.222. The Balaban J connectivity index is 0.475. The molecular formula is C123H94N6. The lowest BCUT2D eigenvalue weighted by atomic mass is 9.77. The summed E-state index contributed by atoms with van der Waals surface area (Å²) >= 11 is 0. The zero-order valence-electron chi connectivity index (χ0n) is 72.8. The van der Waals surface area contributed by atoms with Gasteiger partial charge in [-0.2, -0.15) is 0 Å². The van der Waals surface area contributed by atoms with E-state index in [0.717, 1.165) is 66.2 Å². The van der Waals surface area contributed by atoms with E-state index in [1.54, 1.807) is 0 Å². The van der Waals surface area contributed by atoms with Gasteiger partial charge < -0.3 is 27.4 Å². The highest BCUT2D eigenvalue weighted by Crippen LogP contribution is 2.45. The van der Waals surface area contributed by atoms with Crippen molar-refractivity contribution in [2.75, 3.05) is 0 Å². The van der Waals surface area contributed by atoms with E-state index in [4.69, 9.17) is 0 Å². The fourth-order valence-electron chi connectivity index (χ4n) is 21.4. The molecule has 616 valence electrons. The van der Waals surface area contributed by atoms with Gasteiger partial charge in [0, 0.05) is 110 Å². The largest absolute Gasteiger partial charge is 0.309 e. The highest BCUT2D eigenvalue weighted by atomic mass is 15.0. The molecule has 0 fully saturated rings. The first-order valence-corrected chi connectivity index (χ1v) is 45.7. The number of rotatable bonds is 20. The van der Waals surface area contributed by atoms with Gasteiger partial charge in [-0.25, -0.2) is 0 Å². The summed E-state index contributed by atoms with van der Waals surface area (Å²) in [5, 5.41) is 15.1. The maximum absolute atomic E-state index is 2.49. The fraction of sp³-hybridized carbons (Fsp3) is 0.0894. The van der Waals surface area contributed by atoms with Crippen molar-refractivity contribution < 1.29 is 0 Å². The monoisotopic (exact) mass is 1650 g/mol. The predicted molar refractivity (Wildman–Crippen MR) is 549 cm³/mol. The van der Waals surface area contributed by atoms with Crippen LogP contribution in [0, 0.1) is 0 Å². The molecule has 0 bridgehead atoms. The maximum atomic E-state index is 2.49. The number of allylic oxidation sites excluding steroid dienone is 2. The van der Waals surface area contributed by atoms with Gasteiger partial charge >= 0.3 is 0 Å². The highest BCUT2D eigenvalue weighted by molar-refractivity contribution is 6.15. The molecule has 0 amide bonds. The summed E-state index contributed by atoms with van der Waals surface area (Å²) in [7, 11) is 0. The molecule has 6 aromatic heterocycles. The maximum Gasteiger partial charge on any atom is 0.0541 e. The van der Waals surface area contributed by atoms with E-state index in [1.807, 2.05) is 0 Å². The van der Waals surface area contributed by atoms with Crippen molar-refractivity contribution in [2.24, 2.45) is 0 Å². The molecule has 2 atom stereocenters. The van der Waals surface area contributed by atoms with E-state index < -0.39 is 0 Å². The average Bonchev–Trinajstić information content (AvgIpc) is 1.59. The van der Waals surface area contributed by atoms with Crippen molar-refractivity contribution in [2.45, 2.75) is 70.6 Å². The van der Waals surface area contributed by atoms with Crippen molar-refractivity contribution in [3.05, 3.63) is 447 Å². The minimum Gasteiger partial charge on any atom is -0.309 e. The topological polar surface area (TPSA) is 29.6 Å². The van der Waals surface area contributed by atoms with E-state index in [1.165, 1.54) is 186 Å². The summed E-state index contributed by atoms with van der Waals surface area (Å²) in [6, 6.07) is 154. The Kier molecular flexibility index (Phi) is 18.5. The van der Waals surface area contributed by atoms with Crippen LogP contribution in [0.3, 0.4) is 0 Å². The number of hydrogen-bond acceptors (Lipinski definition) is 0. The van der Waals surface area contributed by atoms with Gasteiger partial charge in [0.25, 0.3) is 0 Å². The lowest BCUT2D eigenvalue weighted by molar-refractivity contribution is 0.512. The average molecular weight is 1660 g/mol. The fourth-order valence-corrected chi connectivity index (χ4v) is 21.4. The van der Waals surface area contributed by atoms with Gasteiger partial charge in [0.15, 0.2) is 0 Å². The van der Waals surface area contributed by atoms with Crippen LogP contribution >= 0.6 is 0 Å². The Bertz CT molecular complexity index is 8480. The molecule has 0 saturated carbocycles. The molecule has 18 aromatic carbocycles. The summed E-state index contributed by atoms with van der Waals surface area (Å²) in [6.45, 7) is 9.48. The quantitative estimate of drug-likeness (QED) is 0.0728. The number of para-hydroxylation sites is 8. The van der Waals surface area contributed by atoms with E-state index in [0.29, 0.717) is 0 Å². The standard InChI is InChI=1S/C123H94N6/c1-5-7-75-123(4,77-73-83-41-69-119-107(79-83)103-29-13-21-37-115(103)127(119)95-60-46-86(47-61-95)84-42-56-92(57-43-84)124-110-32-16-8-24-98(110)99-25-9-17-33-111(99)124)91-55-71-121-109(81-91)105-31-15-23-39-117(105)129(121)97-66-52-89(53-67-97)87-48-62-94(63-49-87)126-114-36-20-12-28-102(114)106-78-82(40-68-118(106)126)72-76-122(3,74-6-2)90-54-70-120-108(80-90)104-30-14-22-38-116(104)128(120)96-64-50-88(51-65-96)85-44-58-93(59-45-85)125-112-34-18-10-26-100(112)101-27-11-19-35-113(101)125/h8-73,76-81H,5-7,74-75H2,1-4H3/b76-72+,77-73+. The van der Waals surface area contributed by atoms with Gasteiger partial charge in [0.05, 0.1) is 66.2 Å². The van der Waals surface area contributed by atoms with Crippen LogP contribution in [0.5, 0.6) is 0 Å². The van der Waals surface area contributed by atoms with Gasteiger partial charge in [-0.1, -0.05) is 314 Å². The third-order valence-electron chi connectivity index (χ3n) is 28.1. The number of nitrogens with zero attached hydrogens (tertiary/aromatic N) is 6. The van der Waals surface area contributed by atoms with Crippen molar-refractivity contribution >= 4 is 143 Å². The SMILES string of the molecule is CCCCC(C)(/C=C/c1ccc2c(c1)c1ccccc1n2-c1ccc(-c2ccc(-n3c4ccccc4c4ccccc43)cc2)cc1)c1ccc2c(c1)c1ccccc1n2-c1ccc(-c2ccc(-n3c4ccccc4c4cc(/C=C/C(C)(CCC)c5ccc6c(c5)c5ccccc5n6-c5ccc(-c6ccc(-n7c8ccccc8c8ccccc87)cc6)cc5)ccc43)cc2)cc1. The van der Waals surface area contributed by atoms with E-state index in [2.05, 4.69) is 492 Å². The lowest BCUT2D eigenvalue weighted by Gasteiger charge is -2.27. The van der Waals surface area contributed by atoms with Crippen molar-refractivity contribution in [1.29, 1.82) is 0 Å². The second kappa shape index (κ2) is 31.1. The third kappa shape index (κ3) is 12.9. The van der Waals surface area contributed by atoms with Crippen molar-refractivity contribution in [3.8, 4) is 67.5 Å². The molecule has 24 rings (SSSR count). The van der Waals surface area contributed by atoms with Crippen LogP contribution < -0.4 is 0 Å². The van der Waals surface area contributed by atoms with Crippen LogP contribution in [0.15, 0.2) is 425 Å². The molecule has 6 nitrogen and oxygen atoms in total. The molecule has 0 spiro atoms. The van der Waals surface area contributed by atoms with E-state index in [-0.39, 0.29) is 10.8 Å². The molecule has 0 aliphatic carbocycles. The predicted octanol–water partition coefficient (Wildman–Crippen LogP) is 33.2. The summed E-state index contributed by atoms with van der Waals surface area (Å²) in [4.78, 5) is 0. The molecule has 0 saturated heterocycles. The smallest absolute Gasteiger partial charge is 0.0541 e. The van der Waals surface area contributed by atoms with Crippen LogP contribution in [0.1, 0.15) is 82.1 Å². The van der Waals surface area contributed by atoms with Gasteiger partial charge in [0.2, 0.25) is 0 Å². The van der Waals surface area contributed by atoms with Crippen LogP contribution in [-0.2, 0) is 10.8 Å². The van der Waals surface area contributed by atoms with E-state index >= 15 is 0 Å². The second-order valence-corrected chi connectivity index (χ2v) is 35.8. The molecule has 24 aromatic rings. The van der Waals surface area contributed by atoms with Crippen molar-refractivity contribution in [3.63, 3.8) is 0 Å². The first-order chi connectivity index (χ1) is 63.6. The number of benzene rings is 18. The van der Waals surface area contributed by atoms with Gasteiger partial charge in [-0.15, -0.1) is 0 Å². The molecule has 0 radical (unpaired) electrons. The zero-order chi connectivity index (χ0) is 86.0. The summed E-state index contributed by atoms with van der Waals surface area (Å²) < 4.78 is 14.5. The lowest BCUT2D eigenvalue weighted by Crippen LogP contribution is -2.18. The number of aromatic nitrogens is 6. The molecule has 6 heteroatoms. The molecule has 129 heavy (non-hydrogen) atoms. The molecular weight excluding hydrogens is 1560 g/mol. The van der Waals surface area contributed by atoms with Gasteiger partial charge in [-0.05, 0) is 238 Å². The molecule has 0 aliphatic rings. The Labute approximate surface area is 750 Å². The normalized spacial score (nSPS) is 13.2. The van der Waals surface area contributed by atoms with Crippen LogP contribution in [-0.4, -0.2) is 27.4 Å². The van der Waals surface area contributed by atoms with Crippen LogP contribution in [0.25, 0.3) is 210 Å². The zero-order valence-corrected chi connectivity index (χ0v) is 72.8. The minimum atomic E-state index is -0.224. The second-order valence-electron chi connectivity index (χ2n) is 35.8. The first kappa shape index (κ1) is 76.9. The third-order valence-corrected chi connectivity index (χ3v) is 28.1. The molecule has 0 aliphatic heterocycles. The van der Waals surface area contributed by atoms with Crippen molar-refractivity contribution in [1.82, 2.24) is 27.4 Å². The summed E-state index contributed by atoms with van der Waals surface area (Å²) in [5.41, 5.74) is 33.0. The number of fused-ring (bicyclic) bond motifs is 18. The Hall–Kier alpha value is -15.8. The van der Waals surface area contributed by atoms with Crippen LogP contribution in [0.2, 0.25) is 0 Å². The summed E-state index contributed by atoms with van der Waals surface area (Å²) in [6.07, 6.45) is 15.0. The number of hydrogen-bond donors (Lipinski definition) is 0. The molecule has 2 unspecified atom stereocenters. The Morgan fingerprint density at radius 2 is 0.395 bits per heavy atom. The van der Waals surface area contributed by atoms with E-state index in [9.17, 15) is 0 Å². The van der Waals surface area contributed by atoms with Gasteiger partial charge in [-0.3, -0.25) is 0 Å². The highest BCUT2D eigenvalue weighted by Gasteiger charge is 2.29. The Morgan fingerprint density at radius 1 is 0.194 bits per heavy atom. The number of unbranched alkanes of at least 4 members (excludes halogenated alkanes) is 1. The Morgan fingerprint density at radius 3 is 0.628 bits per heavy atom. The molecule has 0 N–H and O–H groups in total. The van der Waals surface area contributed by atoms with Crippen LogP contribution in [0.4, 0.5) is 0 Å². The molecule has 6 heterocycles. The first-order valence-electron chi connectivity index (χ1n) is 45.7. The van der Waals surface area contributed by atoms with Gasteiger partial charge in [0.1, 0.15) is 0 Å². The summed E-state index contributed by atoms with van der Waals surface area (Å²) in [5.74, 6) is 0.